The number of thioether (sulfide) groups is 1. The van der Waals surface area contributed by atoms with Crippen LogP contribution < -0.4 is 10.2 Å². The van der Waals surface area contributed by atoms with Crippen LogP contribution in [0.15, 0.2) is 53.7 Å². The molecular weight excluding hydrogens is 364 g/mol. The number of nitrogens with one attached hydrogen (secondary N) is 2. The summed E-state index contributed by atoms with van der Waals surface area (Å²) >= 11 is 1.31. The quantitative estimate of drug-likeness (QED) is 0.533. The summed E-state index contributed by atoms with van der Waals surface area (Å²) in [5, 5.41) is 10.6. The maximum absolute atomic E-state index is 12.8. The number of carbonyl (C=O) groups is 2. The van der Waals surface area contributed by atoms with Crippen molar-refractivity contribution in [1.82, 2.24) is 19.6 Å². The van der Waals surface area contributed by atoms with E-state index in [1.165, 1.54) is 16.7 Å². The summed E-state index contributed by atoms with van der Waals surface area (Å²) in [6, 6.07) is 15.0. The first-order valence-corrected chi connectivity index (χ1v) is 9.33. The zero-order valence-corrected chi connectivity index (χ0v) is 14.9. The van der Waals surface area contributed by atoms with E-state index in [1.54, 1.807) is 6.07 Å². The summed E-state index contributed by atoms with van der Waals surface area (Å²) in [7, 11) is 0. The van der Waals surface area contributed by atoms with Crippen LogP contribution >= 0.6 is 11.8 Å². The fourth-order valence-corrected chi connectivity index (χ4v) is 4.03. The van der Waals surface area contributed by atoms with Crippen molar-refractivity contribution >= 4 is 51.8 Å². The molecule has 27 heavy (non-hydrogen) atoms. The fraction of sp³-hybridized carbons (Fsp3) is 0.111. The van der Waals surface area contributed by atoms with E-state index in [9.17, 15) is 9.59 Å². The highest BCUT2D eigenvalue weighted by Crippen LogP contribution is 2.30. The van der Waals surface area contributed by atoms with Crippen molar-refractivity contribution in [3.63, 3.8) is 0 Å². The van der Waals surface area contributed by atoms with Crippen LogP contribution in [0.2, 0.25) is 0 Å². The highest BCUT2D eigenvalue weighted by Gasteiger charge is 2.27. The molecule has 2 amide bonds. The Balaban J connectivity index is 1.41. The predicted molar refractivity (Wildman–Crippen MR) is 103 cm³/mol. The summed E-state index contributed by atoms with van der Waals surface area (Å²) in [6.45, 7) is 0.0143. The van der Waals surface area contributed by atoms with Crippen LogP contribution in [0, 0.1) is 0 Å². The zero-order valence-electron chi connectivity index (χ0n) is 14.0. The van der Waals surface area contributed by atoms with Crippen molar-refractivity contribution in [3.8, 4) is 0 Å². The monoisotopic (exact) mass is 378 g/mol. The highest BCUT2D eigenvalue weighted by molar-refractivity contribution is 7.99. The van der Waals surface area contributed by atoms with Crippen molar-refractivity contribution in [3.05, 3.63) is 48.5 Å². The third kappa shape index (κ3) is 2.63. The Bertz CT molecular complexity index is 1200. The number of benzene rings is 2. The number of para-hydroxylation sites is 4. The normalized spacial score (nSPS) is 13.8. The third-order valence-corrected chi connectivity index (χ3v) is 5.32. The lowest BCUT2D eigenvalue weighted by molar-refractivity contribution is -0.120. The summed E-state index contributed by atoms with van der Waals surface area (Å²) < 4.78 is 1.89. The molecule has 1 aliphatic heterocycles. The maximum Gasteiger partial charge on any atom is 0.244 e. The molecule has 8 nitrogen and oxygen atoms in total. The van der Waals surface area contributed by atoms with E-state index in [0.29, 0.717) is 22.3 Å². The Hall–Kier alpha value is -3.33. The minimum Gasteiger partial charge on any atom is -0.323 e. The van der Waals surface area contributed by atoms with Crippen LogP contribution in [-0.2, 0) is 9.59 Å². The average molecular weight is 378 g/mol. The molecule has 0 fully saturated rings. The fourth-order valence-electron chi connectivity index (χ4n) is 3.20. The first-order valence-electron chi connectivity index (χ1n) is 8.34. The standard InChI is InChI=1S/C18H14N6O2S/c25-15-9-23(13-7-3-1-5-11(13)19-15)16(26)10-27-18-22-21-17-20-12-6-2-4-8-14(12)24(17)18/h1-8H,9-10H2,(H,19,25)(H,20,21). The number of hydrogen-bond donors (Lipinski definition) is 2. The Labute approximate surface area is 157 Å². The second-order valence-electron chi connectivity index (χ2n) is 6.10. The second kappa shape index (κ2) is 6.13. The van der Waals surface area contributed by atoms with Gasteiger partial charge in [-0.3, -0.25) is 14.0 Å². The van der Waals surface area contributed by atoms with Gasteiger partial charge in [-0.15, -0.1) is 5.10 Å². The van der Waals surface area contributed by atoms with E-state index < -0.39 is 0 Å². The summed E-state index contributed by atoms with van der Waals surface area (Å²) in [5.41, 5.74) is 3.15. The first-order chi connectivity index (χ1) is 13.2. The minimum absolute atomic E-state index is 0.0143. The van der Waals surface area contributed by atoms with Gasteiger partial charge in [0.2, 0.25) is 17.6 Å². The number of nitrogens with zero attached hydrogens (tertiary/aromatic N) is 4. The number of fused-ring (bicyclic) bond motifs is 4. The number of aromatic nitrogens is 4. The van der Waals surface area contributed by atoms with Gasteiger partial charge in [0.15, 0.2) is 5.16 Å². The molecule has 0 saturated heterocycles. The van der Waals surface area contributed by atoms with E-state index in [2.05, 4.69) is 20.5 Å². The molecule has 4 aromatic rings. The van der Waals surface area contributed by atoms with E-state index in [0.717, 1.165) is 11.0 Å². The molecule has 134 valence electrons. The SMILES string of the molecule is O=C1CN(C(=O)CSc2n[nH]c3nc4ccccc4n23)c2ccccc2N1. The van der Waals surface area contributed by atoms with Gasteiger partial charge in [-0.1, -0.05) is 36.0 Å². The summed E-state index contributed by atoms with van der Waals surface area (Å²) in [5.74, 6) is 0.445. The van der Waals surface area contributed by atoms with Crippen molar-refractivity contribution in [2.75, 3.05) is 22.5 Å². The van der Waals surface area contributed by atoms with Gasteiger partial charge in [0.05, 0.1) is 28.2 Å². The van der Waals surface area contributed by atoms with Gasteiger partial charge in [0.1, 0.15) is 6.54 Å². The van der Waals surface area contributed by atoms with Gasteiger partial charge in [0.25, 0.3) is 0 Å². The molecule has 9 heteroatoms. The molecule has 0 saturated carbocycles. The van der Waals surface area contributed by atoms with Crippen LogP contribution in [0.25, 0.3) is 16.8 Å². The van der Waals surface area contributed by atoms with Crippen molar-refractivity contribution < 1.29 is 9.59 Å². The topological polar surface area (TPSA) is 95.4 Å². The number of anilines is 2. The lowest BCUT2D eigenvalue weighted by atomic mass is 10.2. The van der Waals surface area contributed by atoms with E-state index in [-0.39, 0.29) is 24.1 Å². The summed E-state index contributed by atoms with van der Waals surface area (Å²) in [4.78, 5) is 30.7. The lowest BCUT2D eigenvalue weighted by Crippen LogP contribution is -2.43. The molecule has 3 heterocycles. The van der Waals surface area contributed by atoms with Crippen LogP contribution in [0.1, 0.15) is 0 Å². The molecule has 0 atom stereocenters. The number of imidazole rings is 1. The Morgan fingerprint density at radius 3 is 2.89 bits per heavy atom. The van der Waals surface area contributed by atoms with Crippen LogP contribution in [0.4, 0.5) is 11.4 Å². The molecular formula is C18H14N6O2S. The molecule has 5 rings (SSSR count). The van der Waals surface area contributed by atoms with Gasteiger partial charge in [-0.2, -0.15) is 0 Å². The molecule has 0 aliphatic carbocycles. The van der Waals surface area contributed by atoms with Crippen molar-refractivity contribution in [1.29, 1.82) is 0 Å². The van der Waals surface area contributed by atoms with Crippen molar-refractivity contribution in [2.24, 2.45) is 0 Å². The zero-order chi connectivity index (χ0) is 18.4. The van der Waals surface area contributed by atoms with E-state index in [1.807, 2.05) is 46.9 Å². The van der Waals surface area contributed by atoms with Gasteiger partial charge in [-0.05, 0) is 24.3 Å². The molecule has 2 aromatic carbocycles. The number of carbonyl (C=O) groups excluding carboxylic acids is 2. The maximum atomic E-state index is 12.8. The number of hydrogen-bond acceptors (Lipinski definition) is 5. The number of H-pyrrole nitrogens is 1. The molecule has 0 spiro atoms. The molecule has 1 aliphatic rings. The largest absolute Gasteiger partial charge is 0.323 e. The minimum atomic E-state index is -0.199. The van der Waals surface area contributed by atoms with E-state index in [4.69, 9.17) is 0 Å². The molecule has 2 N–H and O–H groups in total. The Kier molecular flexibility index (Phi) is 3.61. The Morgan fingerprint density at radius 1 is 1.15 bits per heavy atom. The summed E-state index contributed by atoms with van der Waals surface area (Å²) in [6.07, 6.45) is 0. The Morgan fingerprint density at radius 2 is 1.96 bits per heavy atom. The predicted octanol–water partition coefficient (Wildman–Crippen LogP) is 2.29. The average Bonchev–Trinajstić information content (AvgIpc) is 3.24. The molecule has 2 aromatic heterocycles. The van der Waals surface area contributed by atoms with Crippen molar-refractivity contribution in [2.45, 2.75) is 5.16 Å². The van der Waals surface area contributed by atoms with Gasteiger partial charge >= 0.3 is 0 Å². The first kappa shape index (κ1) is 15.9. The highest BCUT2D eigenvalue weighted by atomic mass is 32.2. The smallest absolute Gasteiger partial charge is 0.244 e. The number of rotatable bonds is 3. The second-order valence-corrected chi connectivity index (χ2v) is 7.04. The van der Waals surface area contributed by atoms with Gasteiger partial charge < -0.3 is 10.2 Å². The number of aromatic amines is 1. The van der Waals surface area contributed by atoms with E-state index >= 15 is 0 Å². The number of amides is 2. The molecule has 0 radical (unpaired) electrons. The van der Waals surface area contributed by atoms with Crippen LogP contribution in [0.5, 0.6) is 0 Å². The lowest BCUT2D eigenvalue weighted by Gasteiger charge is -2.28. The van der Waals surface area contributed by atoms with Crippen LogP contribution in [0.3, 0.4) is 0 Å². The van der Waals surface area contributed by atoms with Gasteiger partial charge in [-0.25, -0.2) is 10.1 Å². The molecule has 0 bridgehead atoms. The molecule has 0 unspecified atom stereocenters. The van der Waals surface area contributed by atoms with Crippen LogP contribution in [-0.4, -0.2) is 43.7 Å². The third-order valence-electron chi connectivity index (χ3n) is 4.40. The van der Waals surface area contributed by atoms with Gasteiger partial charge in [0, 0.05) is 0 Å².